The number of aliphatic hydroxyl groups excluding tert-OH is 1. The zero-order valence-electron chi connectivity index (χ0n) is 9.17. The highest BCUT2D eigenvalue weighted by Gasteiger charge is 2.30. The Morgan fingerprint density at radius 3 is 2.59 bits per heavy atom. The zero-order chi connectivity index (χ0) is 12.5. The van der Waals surface area contributed by atoms with Crippen molar-refractivity contribution >= 4 is 0 Å². The van der Waals surface area contributed by atoms with Crippen LogP contribution < -0.4 is 5.32 Å². The predicted octanol–water partition coefficient (Wildman–Crippen LogP) is 2.32. The van der Waals surface area contributed by atoms with E-state index in [4.69, 9.17) is 5.11 Å². The van der Waals surface area contributed by atoms with Gasteiger partial charge in [-0.05, 0) is 24.5 Å². The fourth-order valence-corrected chi connectivity index (χ4v) is 1.87. The summed E-state index contributed by atoms with van der Waals surface area (Å²) < 4.78 is 37.3. The van der Waals surface area contributed by atoms with Crippen LogP contribution in [0.2, 0.25) is 0 Å². The molecule has 5 heteroatoms. The van der Waals surface area contributed by atoms with Crippen LogP contribution in [0.5, 0.6) is 0 Å². The molecule has 0 atom stereocenters. The summed E-state index contributed by atoms with van der Waals surface area (Å²) >= 11 is 0. The summed E-state index contributed by atoms with van der Waals surface area (Å²) in [7, 11) is 0. The van der Waals surface area contributed by atoms with Crippen LogP contribution in [-0.4, -0.2) is 17.3 Å². The number of aliphatic hydroxyl groups is 1. The Kier molecular flexibility index (Phi) is 3.40. The molecule has 94 valence electrons. The Labute approximate surface area is 97.5 Å². The van der Waals surface area contributed by atoms with Crippen LogP contribution >= 0.6 is 0 Å². The quantitative estimate of drug-likeness (QED) is 0.856. The minimum absolute atomic E-state index is 0.222. The summed E-state index contributed by atoms with van der Waals surface area (Å²) in [4.78, 5) is 0. The topological polar surface area (TPSA) is 32.3 Å². The van der Waals surface area contributed by atoms with Gasteiger partial charge in [-0.2, -0.15) is 13.2 Å². The molecular weight excluding hydrogens is 231 g/mol. The van der Waals surface area contributed by atoms with Gasteiger partial charge in [-0.15, -0.1) is 0 Å². The molecule has 1 saturated carbocycles. The van der Waals surface area contributed by atoms with Crippen molar-refractivity contribution < 1.29 is 18.3 Å². The van der Waals surface area contributed by atoms with Gasteiger partial charge < -0.3 is 10.4 Å². The van der Waals surface area contributed by atoms with Crippen LogP contribution in [-0.2, 0) is 12.7 Å². The van der Waals surface area contributed by atoms with E-state index < -0.39 is 11.7 Å². The molecule has 0 saturated heterocycles. The lowest BCUT2D eigenvalue weighted by atomic mass is 9.89. The molecule has 17 heavy (non-hydrogen) atoms. The summed E-state index contributed by atoms with van der Waals surface area (Å²) in [5.41, 5.74) is -0.00772. The first kappa shape index (κ1) is 12.4. The van der Waals surface area contributed by atoms with E-state index in [1.165, 1.54) is 6.07 Å². The second-order valence-electron chi connectivity index (χ2n) is 4.40. The lowest BCUT2D eigenvalue weighted by Crippen LogP contribution is -2.43. The van der Waals surface area contributed by atoms with Crippen molar-refractivity contribution in [2.24, 2.45) is 0 Å². The summed E-state index contributed by atoms with van der Waals surface area (Å²) in [6, 6.07) is 5.52. The van der Waals surface area contributed by atoms with E-state index in [9.17, 15) is 13.2 Å². The molecule has 1 aromatic carbocycles. The van der Waals surface area contributed by atoms with Crippen molar-refractivity contribution in [1.29, 1.82) is 0 Å². The lowest BCUT2D eigenvalue weighted by Gasteiger charge is -2.32. The molecule has 1 fully saturated rings. The van der Waals surface area contributed by atoms with Crippen LogP contribution in [0.4, 0.5) is 13.2 Å². The fourth-order valence-electron chi connectivity index (χ4n) is 1.87. The molecule has 1 aromatic rings. The Morgan fingerprint density at radius 2 is 2.00 bits per heavy atom. The monoisotopic (exact) mass is 245 g/mol. The van der Waals surface area contributed by atoms with Crippen molar-refractivity contribution in [3.63, 3.8) is 0 Å². The minimum atomic E-state index is -4.29. The Morgan fingerprint density at radius 1 is 1.29 bits per heavy atom. The molecule has 2 nitrogen and oxygen atoms in total. The van der Waals surface area contributed by atoms with Crippen molar-refractivity contribution in [3.8, 4) is 0 Å². The second-order valence-corrected chi connectivity index (χ2v) is 4.40. The van der Waals surface area contributed by atoms with E-state index in [0.29, 0.717) is 24.9 Å². The fraction of sp³-hybridized carbons (Fsp3) is 0.500. The highest BCUT2D eigenvalue weighted by atomic mass is 19.4. The van der Waals surface area contributed by atoms with Gasteiger partial charge in [0.15, 0.2) is 0 Å². The average Bonchev–Trinajstić information content (AvgIpc) is 2.22. The summed E-state index contributed by atoms with van der Waals surface area (Å²) in [5.74, 6) is 0. The van der Waals surface area contributed by atoms with Crippen LogP contribution in [0.25, 0.3) is 0 Å². The third-order valence-electron chi connectivity index (χ3n) is 2.96. The minimum Gasteiger partial charge on any atom is -0.393 e. The Hall–Kier alpha value is -1.07. The van der Waals surface area contributed by atoms with Crippen LogP contribution in [0.1, 0.15) is 24.0 Å². The number of nitrogens with one attached hydrogen (secondary N) is 1. The third kappa shape index (κ3) is 3.20. The van der Waals surface area contributed by atoms with Crippen molar-refractivity contribution in [1.82, 2.24) is 5.32 Å². The number of hydrogen-bond acceptors (Lipinski definition) is 2. The first-order chi connectivity index (χ1) is 7.95. The smallest absolute Gasteiger partial charge is 0.393 e. The van der Waals surface area contributed by atoms with Gasteiger partial charge in [0, 0.05) is 12.6 Å². The average molecular weight is 245 g/mol. The highest BCUT2D eigenvalue weighted by molar-refractivity contribution is 5.25. The molecule has 0 spiro atoms. The highest BCUT2D eigenvalue weighted by Crippen LogP contribution is 2.29. The van der Waals surface area contributed by atoms with Crippen molar-refractivity contribution in [2.75, 3.05) is 0 Å². The van der Waals surface area contributed by atoms with Gasteiger partial charge >= 0.3 is 6.18 Å². The predicted molar refractivity (Wildman–Crippen MR) is 57.3 cm³/mol. The van der Waals surface area contributed by atoms with Gasteiger partial charge in [-0.1, -0.05) is 18.2 Å². The maximum Gasteiger partial charge on any atom is 0.416 e. The molecule has 0 unspecified atom stereocenters. The number of hydrogen-bond donors (Lipinski definition) is 2. The first-order valence-electron chi connectivity index (χ1n) is 5.53. The van der Waals surface area contributed by atoms with E-state index in [2.05, 4.69) is 5.32 Å². The standard InChI is InChI=1S/C12H14F3NO/c13-12(14,15)9-3-1-2-8(4-9)7-16-10-5-11(17)6-10/h1-4,10-11,16-17H,5-7H2. The number of rotatable bonds is 3. The van der Waals surface area contributed by atoms with Crippen LogP contribution in [0.3, 0.4) is 0 Å². The molecular formula is C12H14F3NO. The van der Waals surface area contributed by atoms with E-state index >= 15 is 0 Å². The molecule has 0 bridgehead atoms. The lowest BCUT2D eigenvalue weighted by molar-refractivity contribution is -0.137. The van der Waals surface area contributed by atoms with E-state index in [1.807, 2.05) is 0 Å². The first-order valence-corrected chi connectivity index (χ1v) is 5.53. The van der Waals surface area contributed by atoms with Crippen molar-refractivity contribution in [2.45, 2.75) is 37.7 Å². The van der Waals surface area contributed by atoms with Crippen LogP contribution in [0, 0.1) is 0 Å². The third-order valence-corrected chi connectivity index (χ3v) is 2.96. The molecule has 2 N–H and O–H groups in total. The zero-order valence-corrected chi connectivity index (χ0v) is 9.17. The summed E-state index contributed by atoms with van der Waals surface area (Å²) in [6.07, 6.45) is -3.19. The Balaban J connectivity index is 1.92. The van der Waals surface area contributed by atoms with E-state index in [0.717, 1.165) is 12.1 Å². The number of alkyl halides is 3. The van der Waals surface area contributed by atoms with Gasteiger partial charge in [0.2, 0.25) is 0 Å². The summed E-state index contributed by atoms with van der Waals surface area (Å²) in [6.45, 7) is 0.404. The molecule has 0 heterocycles. The molecule has 1 aliphatic carbocycles. The SMILES string of the molecule is OC1CC(NCc2cccc(C(F)(F)F)c2)C1. The van der Waals surface area contributed by atoms with Gasteiger partial charge in [-0.3, -0.25) is 0 Å². The molecule has 0 aliphatic heterocycles. The largest absolute Gasteiger partial charge is 0.416 e. The second kappa shape index (κ2) is 4.66. The van der Waals surface area contributed by atoms with Gasteiger partial charge in [0.05, 0.1) is 11.7 Å². The molecule has 0 amide bonds. The molecule has 1 aliphatic rings. The number of halogens is 3. The van der Waals surface area contributed by atoms with E-state index in [-0.39, 0.29) is 12.1 Å². The van der Waals surface area contributed by atoms with Crippen LogP contribution in [0.15, 0.2) is 24.3 Å². The van der Waals surface area contributed by atoms with Crippen molar-refractivity contribution in [3.05, 3.63) is 35.4 Å². The van der Waals surface area contributed by atoms with Gasteiger partial charge in [0.25, 0.3) is 0 Å². The van der Waals surface area contributed by atoms with Gasteiger partial charge in [0.1, 0.15) is 0 Å². The van der Waals surface area contributed by atoms with Gasteiger partial charge in [-0.25, -0.2) is 0 Å². The molecule has 2 rings (SSSR count). The molecule has 0 aromatic heterocycles. The van der Waals surface area contributed by atoms with E-state index in [1.54, 1.807) is 6.07 Å². The maximum atomic E-state index is 12.4. The summed E-state index contributed by atoms with van der Waals surface area (Å²) in [5, 5.41) is 12.2. The molecule has 0 radical (unpaired) electrons. The normalized spacial score (nSPS) is 24.5. The Bertz CT molecular complexity index is 386. The number of benzene rings is 1. The maximum absolute atomic E-state index is 12.4.